The fourth-order valence-electron chi connectivity index (χ4n) is 2.08. The van der Waals surface area contributed by atoms with E-state index in [1.54, 1.807) is 37.5 Å². The highest BCUT2D eigenvalue weighted by molar-refractivity contribution is 7.99. The van der Waals surface area contributed by atoms with E-state index in [1.807, 2.05) is 0 Å². The van der Waals surface area contributed by atoms with Gasteiger partial charge in [-0.15, -0.1) is 10.2 Å². The Morgan fingerprint density at radius 1 is 1.36 bits per heavy atom. The summed E-state index contributed by atoms with van der Waals surface area (Å²) in [5.41, 5.74) is 1.24. The zero-order valence-electron chi connectivity index (χ0n) is 13.0. The molecule has 2 aromatic heterocycles. The number of carbonyl (C=O) groups is 1. The number of carbonyl (C=O) groups excluding carboxylic acids is 1. The van der Waals surface area contributed by atoms with Gasteiger partial charge < -0.3 is 15.6 Å². The van der Waals surface area contributed by atoms with Crippen molar-refractivity contribution in [1.29, 1.82) is 0 Å². The number of nitrogens with one attached hydrogen (secondary N) is 1. The first kappa shape index (κ1) is 17.7. The van der Waals surface area contributed by atoms with Crippen LogP contribution in [-0.2, 0) is 4.79 Å². The number of halogens is 2. The van der Waals surface area contributed by atoms with Crippen molar-refractivity contribution in [1.82, 2.24) is 14.9 Å². The Balaban J connectivity index is 1.65. The number of aryl methyl sites for hydroxylation is 1. The van der Waals surface area contributed by atoms with Crippen LogP contribution in [0.4, 0.5) is 5.69 Å². The molecule has 0 fully saturated rings. The zero-order valence-corrected chi connectivity index (χ0v) is 15.3. The zero-order chi connectivity index (χ0) is 18.0. The van der Waals surface area contributed by atoms with E-state index in [1.165, 1.54) is 4.68 Å². The van der Waals surface area contributed by atoms with Gasteiger partial charge in [0.1, 0.15) is 5.76 Å². The van der Waals surface area contributed by atoms with Crippen LogP contribution in [0.3, 0.4) is 0 Å². The van der Waals surface area contributed by atoms with Crippen LogP contribution in [0.5, 0.6) is 0 Å². The third-order valence-electron chi connectivity index (χ3n) is 3.30. The quantitative estimate of drug-likeness (QED) is 0.503. The van der Waals surface area contributed by atoms with Crippen LogP contribution in [-0.4, -0.2) is 26.5 Å². The van der Waals surface area contributed by atoms with Crippen LogP contribution in [0.2, 0.25) is 10.0 Å². The number of rotatable bonds is 5. The monoisotopic (exact) mass is 397 g/mol. The first-order chi connectivity index (χ1) is 12.0. The summed E-state index contributed by atoms with van der Waals surface area (Å²) in [6.45, 7) is 1.81. The van der Waals surface area contributed by atoms with Gasteiger partial charge >= 0.3 is 0 Å². The highest BCUT2D eigenvalue weighted by Gasteiger charge is 2.17. The van der Waals surface area contributed by atoms with E-state index in [0.29, 0.717) is 32.5 Å². The van der Waals surface area contributed by atoms with E-state index in [9.17, 15) is 4.79 Å². The number of aromatic nitrogens is 3. The van der Waals surface area contributed by atoms with Crippen molar-refractivity contribution in [2.45, 2.75) is 12.1 Å². The normalized spacial score (nSPS) is 10.8. The SMILES string of the molecule is Cc1occc1-c1nnc(SCC(=O)Nc2ccc(Cl)cc2Cl)n1N. The molecule has 0 aliphatic rings. The number of thioether (sulfide) groups is 1. The Kier molecular flexibility index (Phi) is 5.22. The lowest BCUT2D eigenvalue weighted by molar-refractivity contribution is -0.113. The highest BCUT2D eigenvalue weighted by Crippen LogP contribution is 2.27. The van der Waals surface area contributed by atoms with Crippen LogP contribution < -0.4 is 11.2 Å². The third-order valence-corrected chi connectivity index (χ3v) is 4.79. The molecular weight excluding hydrogens is 385 g/mol. The highest BCUT2D eigenvalue weighted by atomic mass is 35.5. The van der Waals surface area contributed by atoms with Gasteiger partial charge in [0, 0.05) is 5.02 Å². The third kappa shape index (κ3) is 3.92. The molecule has 3 rings (SSSR count). The number of hydrogen-bond donors (Lipinski definition) is 2. The molecule has 7 nitrogen and oxygen atoms in total. The minimum Gasteiger partial charge on any atom is -0.469 e. The second-order valence-electron chi connectivity index (χ2n) is 5.03. The number of anilines is 1. The van der Waals surface area contributed by atoms with E-state index < -0.39 is 0 Å². The summed E-state index contributed by atoms with van der Waals surface area (Å²) in [6, 6.07) is 6.60. The first-order valence-corrected chi connectivity index (χ1v) is 8.82. The van der Waals surface area contributed by atoms with Gasteiger partial charge in [-0.1, -0.05) is 35.0 Å². The molecule has 2 heterocycles. The van der Waals surface area contributed by atoms with Crippen molar-refractivity contribution >= 4 is 46.6 Å². The number of nitrogens with two attached hydrogens (primary N) is 1. The number of amides is 1. The topological polar surface area (TPSA) is 99.0 Å². The first-order valence-electron chi connectivity index (χ1n) is 7.08. The molecule has 130 valence electrons. The molecule has 0 bridgehead atoms. The second-order valence-corrected chi connectivity index (χ2v) is 6.81. The predicted molar refractivity (Wildman–Crippen MR) is 98.4 cm³/mol. The van der Waals surface area contributed by atoms with Gasteiger partial charge in [-0.2, -0.15) is 0 Å². The molecule has 0 unspecified atom stereocenters. The number of furan rings is 1. The van der Waals surface area contributed by atoms with Gasteiger partial charge in [-0.05, 0) is 31.2 Å². The number of hydrogen-bond acceptors (Lipinski definition) is 6. The molecule has 0 aliphatic heterocycles. The Bertz CT molecular complexity index is 925. The van der Waals surface area contributed by atoms with E-state index in [0.717, 1.165) is 17.3 Å². The molecule has 3 N–H and O–H groups in total. The van der Waals surface area contributed by atoms with Crippen molar-refractivity contribution in [3.63, 3.8) is 0 Å². The maximum atomic E-state index is 12.1. The minimum absolute atomic E-state index is 0.0959. The Morgan fingerprint density at radius 2 is 2.16 bits per heavy atom. The standard InChI is InChI=1S/C15H13Cl2N5O2S/c1-8-10(4-5-24-8)14-20-21-15(22(14)18)25-7-13(23)19-12-3-2-9(16)6-11(12)17/h2-6H,7,18H2,1H3,(H,19,23). The van der Waals surface area contributed by atoms with Crippen molar-refractivity contribution < 1.29 is 9.21 Å². The van der Waals surface area contributed by atoms with Gasteiger partial charge in [0.2, 0.25) is 11.1 Å². The minimum atomic E-state index is -0.252. The fraction of sp³-hybridized carbons (Fsp3) is 0.133. The van der Waals surface area contributed by atoms with E-state index in [4.69, 9.17) is 33.5 Å². The lowest BCUT2D eigenvalue weighted by Crippen LogP contribution is -2.16. The van der Waals surface area contributed by atoms with Crippen LogP contribution in [0.15, 0.2) is 40.1 Å². The van der Waals surface area contributed by atoms with Crippen LogP contribution in [0.1, 0.15) is 5.76 Å². The smallest absolute Gasteiger partial charge is 0.234 e. The van der Waals surface area contributed by atoms with Crippen molar-refractivity contribution in [3.8, 4) is 11.4 Å². The fourth-order valence-corrected chi connectivity index (χ4v) is 3.20. The van der Waals surface area contributed by atoms with Gasteiger partial charge in [0.25, 0.3) is 0 Å². The summed E-state index contributed by atoms with van der Waals surface area (Å²) in [5, 5.41) is 12.0. The predicted octanol–water partition coefficient (Wildman–Crippen LogP) is 3.60. The number of nitrogens with zero attached hydrogens (tertiary/aromatic N) is 3. The lowest BCUT2D eigenvalue weighted by atomic mass is 10.2. The lowest BCUT2D eigenvalue weighted by Gasteiger charge is -2.07. The average molecular weight is 398 g/mol. The Hall–Kier alpha value is -2.16. The molecule has 0 saturated heterocycles. The maximum absolute atomic E-state index is 12.1. The average Bonchev–Trinajstić information content (AvgIpc) is 3.14. The molecule has 1 aromatic carbocycles. The Morgan fingerprint density at radius 3 is 2.84 bits per heavy atom. The van der Waals surface area contributed by atoms with Gasteiger partial charge in [0.15, 0.2) is 5.82 Å². The van der Waals surface area contributed by atoms with Gasteiger partial charge in [0.05, 0.1) is 28.3 Å². The molecule has 0 atom stereocenters. The summed E-state index contributed by atoms with van der Waals surface area (Å²) in [7, 11) is 0. The van der Waals surface area contributed by atoms with Crippen LogP contribution >= 0.6 is 35.0 Å². The van der Waals surface area contributed by atoms with Crippen molar-refractivity contribution in [3.05, 3.63) is 46.3 Å². The molecule has 0 saturated carbocycles. The molecule has 0 spiro atoms. The van der Waals surface area contributed by atoms with Crippen molar-refractivity contribution in [2.24, 2.45) is 0 Å². The van der Waals surface area contributed by atoms with E-state index in [-0.39, 0.29) is 11.7 Å². The molecule has 1 amide bonds. The Labute approximate surface area is 157 Å². The largest absolute Gasteiger partial charge is 0.469 e. The molecule has 25 heavy (non-hydrogen) atoms. The van der Waals surface area contributed by atoms with Gasteiger partial charge in [-0.3, -0.25) is 4.79 Å². The number of benzene rings is 1. The van der Waals surface area contributed by atoms with Crippen molar-refractivity contribution in [2.75, 3.05) is 16.9 Å². The maximum Gasteiger partial charge on any atom is 0.234 e. The second kappa shape index (κ2) is 7.38. The molecule has 10 heteroatoms. The summed E-state index contributed by atoms with van der Waals surface area (Å²) in [5.74, 6) is 7.00. The molecular formula is C15H13Cl2N5O2S. The summed E-state index contributed by atoms with van der Waals surface area (Å²) < 4.78 is 6.56. The van der Waals surface area contributed by atoms with Crippen LogP contribution in [0, 0.1) is 6.92 Å². The van der Waals surface area contributed by atoms with Crippen LogP contribution in [0.25, 0.3) is 11.4 Å². The summed E-state index contributed by atoms with van der Waals surface area (Å²) in [4.78, 5) is 12.1. The number of nitrogen functional groups attached to an aromatic ring is 1. The van der Waals surface area contributed by atoms with E-state index in [2.05, 4.69) is 15.5 Å². The van der Waals surface area contributed by atoms with E-state index >= 15 is 0 Å². The van der Waals surface area contributed by atoms with Gasteiger partial charge in [-0.25, -0.2) is 4.68 Å². The molecule has 0 radical (unpaired) electrons. The summed E-state index contributed by atoms with van der Waals surface area (Å²) >= 11 is 13.0. The molecule has 0 aliphatic carbocycles. The molecule has 3 aromatic rings. The summed E-state index contributed by atoms with van der Waals surface area (Å²) in [6.07, 6.45) is 1.55.